The van der Waals surface area contributed by atoms with Crippen molar-refractivity contribution in [2.45, 2.75) is 187 Å². The first-order chi connectivity index (χ1) is 20.7. The van der Waals surface area contributed by atoms with E-state index in [9.17, 15) is 14.7 Å². The van der Waals surface area contributed by atoms with Crippen LogP contribution in [0.1, 0.15) is 182 Å². The van der Waals surface area contributed by atoms with E-state index in [0.29, 0.717) is 42.4 Å². The van der Waals surface area contributed by atoms with Crippen molar-refractivity contribution in [2.75, 3.05) is 13.1 Å². The fourth-order valence-corrected chi connectivity index (χ4v) is 10.5. The summed E-state index contributed by atoms with van der Waals surface area (Å²) in [6, 6.07) is 0. The van der Waals surface area contributed by atoms with E-state index in [0.717, 1.165) is 64.3 Å². The molecule has 43 heavy (non-hydrogen) atoms. The average molecular weight is 600 g/mol. The van der Waals surface area contributed by atoms with E-state index in [1.165, 1.54) is 89.9 Å². The Labute approximate surface area is 265 Å². The Bertz CT molecular complexity index is 888. The first-order valence-electron chi connectivity index (χ1n) is 19.2. The third kappa shape index (κ3) is 8.48. The lowest BCUT2D eigenvalue weighted by Gasteiger charge is -2.61. The number of carbonyl (C=O) groups excluding carboxylic acids is 2. The van der Waals surface area contributed by atoms with Crippen LogP contribution in [0.15, 0.2) is 0 Å². The molecule has 4 aliphatic carbocycles. The van der Waals surface area contributed by atoms with Gasteiger partial charge in [0.25, 0.3) is 0 Å². The summed E-state index contributed by atoms with van der Waals surface area (Å²) in [5.74, 6) is 3.31. The van der Waals surface area contributed by atoms with Gasteiger partial charge in [0, 0.05) is 31.3 Å². The van der Waals surface area contributed by atoms with Crippen molar-refractivity contribution in [3.8, 4) is 0 Å². The lowest BCUT2D eigenvalue weighted by molar-refractivity contribution is -0.161. The lowest BCUT2D eigenvalue weighted by atomic mass is 9.44. The molecule has 0 unspecified atom stereocenters. The molecule has 1 amide bonds. The first-order valence-corrected chi connectivity index (χ1v) is 19.2. The van der Waals surface area contributed by atoms with Gasteiger partial charge in [0.15, 0.2) is 0 Å². The van der Waals surface area contributed by atoms with Gasteiger partial charge in [-0.1, -0.05) is 105 Å². The van der Waals surface area contributed by atoms with Gasteiger partial charge >= 0.3 is 0 Å². The van der Waals surface area contributed by atoms with E-state index in [-0.39, 0.29) is 16.7 Å². The number of ketones is 1. The number of nitrogens with zero attached hydrogens (tertiary/aromatic N) is 1. The van der Waals surface area contributed by atoms with Crippen molar-refractivity contribution in [2.24, 2.45) is 34.5 Å². The van der Waals surface area contributed by atoms with E-state index >= 15 is 0 Å². The maximum Gasteiger partial charge on any atom is 0.222 e. The zero-order valence-electron chi connectivity index (χ0n) is 28.9. The highest BCUT2D eigenvalue weighted by Gasteiger charge is 2.61. The first kappa shape index (κ1) is 35.0. The van der Waals surface area contributed by atoms with E-state index in [4.69, 9.17) is 0 Å². The number of rotatable bonds is 18. The summed E-state index contributed by atoms with van der Waals surface area (Å²) in [5, 5.41) is 12.1. The second-order valence-corrected chi connectivity index (χ2v) is 16.3. The average Bonchev–Trinajstić information content (AvgIpc) is 3.30. The molecule has 0 aliphatic heterocycles. The maximum absolute atomic E-state index is 13.6. The Balaban J connectivity index is 1.31. The van der Waals surface area contributed by atoms with Crippen LogP contribution in [0.25, 0.3) is 0 Å². The minimum absolute atomic E-state index is 0.0631. The summed E-state index contributed by atoms with van der Waals surface area (Å²) in [6.45, 7) is 10.7. The number of Topliss-reactive ketones (excluding diaryl/α,β-unsaturated/α-hetero) is 1. The predicted molar refractivity (Wildman–Crippen MR) is 179 cm³/mol. The second-order valence-electron chi connectivity index (χ2n) is 16.3. The molecule has 7 atom stereocenters. The number of amides is 1. The van der Waals surface area contributed by atoms with Gasteiger partial charge in [-0.2, -0.15) is 0 Å². The number of aliphatic hydroxyl groups is 1. The molecule has 0 heterocycles. The number of hydrogen-bond donors (Lipinski definition) is 1. The molecule has 248 valence electrons. The molecule has 1 N–H and O–H groups in total. The van der Waals surface area contributed by atoms with Gasteiger partial charge < -0.3 is 10.0 Å². The van der Waals surface area contributed by atoms with Gasteiger partial charge in [0.1, 0.15) is 5.78 Å². The highest BCUT2D eigenvalue weighted by Crippen LogP contribution is 2.66. The fraction of sp³-hybridized carbons (Fsp3) is 0.949. The zero-order chi connectivity index (χ0) is 30.9. The third-order valence-corrected chi connectivity index (χ3v) is 13.4. The molecular formula is C39H69NO3. The van der Waals surface area contributed by atoms with Crippen LogP contribution in [-0.2, 0) is 9.59 Å². The quantitative estimate of drug-likeness (QED) is 0.160. The third-order valence-electron chi connectivity index (χ3n) is 13.4. The van der Waals surface area contributed by atoms with Crippen molar-refractivity contribution in [3.05, 3.63) is 0 Å². The van der Waals surface area contributed by atoms with Crippen molar-refractivity contribution in [3.63, 3.8) is 0 Å². The molecule has 4 aliphatic rings. The summed E-state index contributed by atoms with van der Waals surface area (Å²) in [7, 11) is 0. The monoisotopic (exact) mass is 600 g/mol. The molecule has 4 rings (SSSR count). The van der Waals surface area contributed by atoms with E-state index in [2.05, 4.69) is 32.6 Å². The Kier molecular flexibility index (Phi) is 13.1. The normalized spacial score (nSPS) is 35.3. The molecule has 0 radical (unpaired) electrons. The van der Waals surface area contributed by atoms with Crippen LogP contribution >= 0.6 is 0 Å². The molecule has 0 aromatic rings. The SMILES string of the molecule is CCCCCCCCCCCC(=O)N(CCCCCCC)C[C@@]1(O)CC[C@@]2(C)[C@@H](CC[C@@H]3[C@@H]2CC[C@]2(C)C(=O)CC[C@@H]32)C1. The summed E-state index contributed by atoms with van der Waals surface area (Å²) < 4.78 is 0. The lowest BCUT2D eigenvalue weighted by Crippen LogP contribution is -2.58. The highest BCUT2D eigenvalue weighted by atomic mass is 16.3. The Morgan fingerprint density at radius 3 is 2.07 bits per heavy atom. The number of fused-ring (bicyclic) bond motifs is 5. The van der Waals surface area contributed by atoms with Crippen LogP contribution in [0.3, 0.4) is 0 Å². The molecule has 0 aromatic heterocycles. The number of carbonyl (C=O) groups is 2. The van der Waals surface area contributed by atoms with Gasteiger partial charge in [-0.15, -0.1) is 0 Å². The molecule has 4 nitrogen and oxygen atoms in total. The Morgan fingerprint density at radius 1 is 0.767 bits per heavy atom. The van der Waals surface area contributed by atoms with Crippen molar-refractivity contribution in [1.82, 2.24) is 4.90 Å². The zero-order valence-corrected chi connectivity index (χ0v) is 28.9. The van der Waals surface area contributed by atoms with E-state index in [1.807, 2.05) is 0 Å². The van der Waals surface area contributed by atoms with Crippen LogP contribution in [0.4, 0.5) is 0 Å². The Hall–Kier alpha value is -0.900. The minimum atomic E-state index is -0.749. The van der Waals surface area contributed by atoms with Gasteiger partial charge in [0.05, 0.1) is 5.60 Å². The summed E-state index contributed by atoms with van der Waals surface area (Å²) in [6.07, 6.45) is 27.4. The molecule has 0 aromatic carbocycles. The summed E-state index contributed by atoms with van der Waals surface area (Å²) in [5.41, 5.74) is -0.541. The van der Waals surface area contributed by atoms with Gasteiger partial charge in [-0.05, 0) is 93.3 Å². The van der Waals surface area contributed by atoms with Crippen LogP contribution in [-0.4, -0.2) is 40.4 Å². The van der Waals surface area contributed by atoms with Gasteiger partial charge in [-0.3, -0.25) is 9.59 Å². The molecule has 0 spiro atoms. The van der Waals surface area contributed by atoms with Crippen LogP contribution in [0.5, 0.6) is 0 Å². The maximum atomic E-state index is 13.6. The smallest absolute Gasteiger partial charge is 0.222 e. The topological polar surface area (TPSA) is 57.6 Å². The standard InChI is InChI=1S/C39H69NO3/c1-5-7-9-11-12-13-14-15-17-19-36(42)40(28-18-16-10-8-6-2)30-39(43)27-26-37(3)31(29-39)20-21-32-33-22-23-35(41)38(33,4)25-24-34(32)37/h31-34,43H,5-30H2,1-4H3/t31-,32-,33-,34-,37-,38-,39+/m0/s1. The molecular weight excluding hydrogens is 530 g/mol. The van der Waals surface area contributed by atoms with Crippen molar-refractivity contribution >= 4 is 11.7 Å². The summed E-state index contributed by atoms with van der Waals surface area (Å²) in [4.78, 5) is 28.5. The molecule has 4 saturated carbocycles. The Morgan fingerprint density at radius 2 is 1.40 bits per heavy atom. The van der Waals surface area contributed by atoms with Gasteiger partial charge in [-0.25, -0.2) is 0 Å². The van der Waals surface area contributed by atoms with Crippen molar-refractivity contribution < 1.29 is 14.7 Å². The molecule has 4 heteroatoms. The molecule has 0 bridgehead atoms. The largest absolute Gasteiger partial charge is 0.388 e. The van der Waals surface area contributed by atoms with Crippen LogP contribution in [0, 0.1) is 34.5 Å². The fourth-order valence-electron chi connectivity index (χ4n) is 10.5. The predicted octanol–water partition coefficient (Wildman–Crippen LogP) is 10.0. The van der Waals surface area contributed by atoms with E-state index < -0.39 is 5.60 Å². The molecule has 4 fully saturated rings. The van der Waals surface area contributed by atoms with Crippen LogP contribution in [0.2, 0.25) is 0 Å². The number of hydrogen-bond acceptors (Lipinski definition) is 3. The number of unbranched alkanes of at least 4 members (excludes halogenated alkanes) is 12. The van der Waals surface area contributed by atoms with Crippen molar-refractivity contribution in [1.29, 1.82) is 0 Å². The minimum Gasteiger partial charge on any atom is -0.388 e. The highest BCUT2D eigenvalue weighted by molar-refractivity contribution is 5.87. The van der Waals surface area contributed by atoms with Crippen LogP contribution < -0.4 is 0 Å². The molecule has 0 saturated heterocycles. The summed E-state index contributed by atoms with van der Waals surface area (Å²) >= 11 is 0. The van der Waals surface area contributed by atoms with E-state index in [1.54, 1.807) is 0 Å². The second kappa shape index (κ2) is 16.1. The van der Waals surface area contributed by atoms with Gasteiger partial charge in [0.2, 0.25) is 5.91 Å².